The Hall–Kier alpha value is -3.46. The van der Waals surface area contributed by atoms with Crippen molar-refractivity contribution in [2.75, 3.05) is 26.4 Å². The second-order valence-electron chi connectivity index (χ2n) is 10.9. The second-order valence-corrected chi connectivity index (χ2v) is 10.9. The van der Waals surface area contributed by atoms with E-state index in [9.17, 15) is 36.7 Å². The first-order chi connectivity index (χ1) is 19.9. The molecule has 0 unspecified atom stereocenters. The molecular weight excluding hydrogens is 570 g/mol. The van der Waals surface area contributed by atoms with E-state index in [1.54, 1.807) is 13.8 Å². The van der Waals surface area contributed by atoms with Gasteiger partial charge in [0.05, 0.1) is 25.2 Å². The van der Waals surface area contributed by atoms with Crippen LogP contribution >= 0.6 is 0 Å². The van der Waals surface area contributed by atoms with Crippen molar-refractivity contribution in [2.45, 2.75) is 64.0 Å². The minimum atomic E-state index is -1.83. The van der Waals surface area contributed by atoms with E-state index in [1.165, 1.54) is 0 Å². The van der Waals surface area contributed by atoms with Gasteiger partial charge in [0.2, 0.25) is 23.4 Å². The molecule has 4 rings (SSSR count). The summed E-state index contributed by atoms with van der Waals surface area (Å²) >= 11 is 0. The van der Waals surface area contributed by atoms with Crippen LogP contribution in [0.15, 0.2) is 6.07 Å². The summed E-state index contributed by atoms with van der Waals surface area (Å²) in [7, 11) is 0. The van der Waals surface area contributed by atoms with Gasteiger partial charge in [0.15, 0.2) is 29.5 Å². The molecule has 3 aliphatic heterocycles. The fourth-order valence-electron chi connectivity index (χ4n) is 5.18. The largest absolute Gasteiger partial charge is 0.479 e. The Balaban J connectivity index is 1.44. The summed E-state index contributed by atoms with van der Waals surface area (Å²) in [4.78, 5) is 51.3. The van der Waals surface area contributed by atoms with Gasteiger partial charge in [-0.15, -0.1) is 0 Å². The summed E-state index contributed by atoms with van der Waals surface area (Å²) in [5, 5.41) is 7.62. The quantitative estimate of drug-likeness (QED) is 0.244. The maximum absolute atomic E-state index is 14.0. The number of rotatable bonds is 12. The predicted octanol–water partition coefficient (Wildman–Crippen LogP) is 2.10. The minimum Gasteiger partial charge on any atom is -0.479 e. The lowest BCUT2D eigenvalue weighted by Crippen LogP contribution is -2.53. The number of hydrogen-bond acceptors (Lipinski definition) is 8. The number of nitrogens with one attached hydrogen (secondary N) is 3. The number of hydrogen-bond donors (Lipinski definition) is 3. The molecule has 0 bridgehead atoms. The number of ether oxygens (including phenoxy) is 4. The molecule has 0 saturated carbocycles. The predicted molar refractivity (Wildman–Crippen MR) is 135 cm³/mol. The topological polar surface area (TPSA) is 141 Å². The van der Waals surface area contributed by atoms with Gasteiger partial charge in [-0.25, -0.2) is 13.6 Å². The molecule has 232 valence electrons. The maximum atomic E-state index is 14.0. The molecule has 3 aliphatic rings. The fraction of sp³-hybridized carbons (Fsp3) is 0.630. The molecule has 0 radical (unpaired) electrons. The van der Waals surface area contributed by atoms with Crippen LogP contribution in [0.2, 0.25) is 0 Å². The molecular formula is C27H33F4N3O8. The summed E-state index contributed by atoms with van der Waals surface area (Å²) in [6.45, 7) is 3.49. The molecule has 3 saturated heterocycles. The lowest BCUT2D eigenvalue weighted by atomic mass is 9.95. The molecule has 3 N–H and O–H groups in total. The normalized spacial score (nSPS) is 24.6. The van der Waals surface area contributed by atoms with Gasteiger partial charge in [0.25, 0.3) is 0 Å². The van der Waals surface area contributed by atoms with Crippen LogP contribution in [0, 0.1) is 41.0 Å². The summed E-state index contributed by atoms with van der Waals surface area (Å²) in [6.07, 6.45) is -0.938. The molecule has 42 heavy (non-hydrogen) atoms. The van der Waals surface area contributed by atoms with Crippen molar-refractivity contribution in [1.29, 1.82) is 0 Å². The first kappa shape index (κ1) is 31.5. The zero-order chi connectivity index (χ0) is 30.6. The lowest BCUT2D eigenvalue weighted by molar-refractivity contribution is -0.131. The third-order valence-electron chi connectivity index (χ3n) is 7.38. The Morgan fingerprint density at radius 1 is 1.05 bits per heavy atom. The highest BCUT2D eigenvalue weighted by Crippen LogP contribution is 2.33. The van der Waals surface area contributed by atoms with Crippen molar-refractivity contribution in [2.24, 2.45) is 17.8 Å². The van der Waals surface area contributed by atoms with Gasteiger partial charge in [-0.2, -0.15) is 8.78 Å². The molecule has 15 heteroatoms. The molecule has 3 fully saturated rings. The number of ketones is 1. The number of carbonyl (C=O) groups is 4. The van der Waals surface area contributed by atoms with Crippen molar-refractivity contribution in [3.05, 3.63) is 29.3 Å². The van der Waals surface area contributed by atoms with Crippen LogP contribution in [-0.4, -0.2) is 74.5 Å². The molecule has 0 aromatic heterocycles. The third-order valence-corrected chi connectivity index (χ3v) is 7.38. The SMILES string of the molecule is CC(C)C[C@H](NC(=O)O[C@H]1CO[C@H]2OCC[C@H]21)C(=O)N[C@@H](C[C@@H]1CCNC1=O)C(=O)COc1c(F)c(F)cc(F)c1F. The van der Waals surface area contributed by atoms with Crippen LogP contribution in [0.4, 0.5) is 22.4 Å². The van der Waals surface area contributed by atoms with E-state index in [2.05, 4.69) is 16.0 Å². The molecule has 0 aliphatic carbocycles. The van der Waals surface area contributed by atoms with Gasteiger partial charge in [-0.1, -0.05) is 13.8 Å². The van der Waals surface area contributed by atoms with Crippen LogP contribution < -0.4 is 20.7 Å². The smallest absolute Gasteiger partial charge is 0.408 e. The van der Waals surface area contributed by atoms with Crippen LogP contribution in [0.5, 0.6) is 5.75 Å². The number of amides is 3. The van der Waals surface area contributed by atoms with E-state index in [0.29, 0.717) is 26.0 Å². The molecule has 1 aromatic rings. The Labute approximate surface area is 238 Å². The van der Waals surface area contributed by atoms with E-state index >= 15 is 0 Å². The number of fused-ring (bicyclic) bond motifs is 1. The third kappa shape index (κ3) is 7.48. The first-order valence-electron chi connectivity index (χ1n) is 13.7. The van der Waals surface area contributed by atoms with Gasteiger partial charge in [0, 0.05) is 18.5 Å². The average molecular weight is 604 g/mol. The van der Waals surface area contributed by atoms with Crippen LogP contribution in [-0.2, 0) is 28.6 Å². The van der Waals surface area contributed by atoms with Crippen LogP contribution in [0.25, 0.3) is 0 Å². The van der Waals surface area contributed by atoms with Crippen molar-refractivity contribution in [3.63, 3.8) is 0 Å². The Morgan fingerprint density at radius 3 is 2.40 bits per heavy atom. The molecule has 11 nitrogen and oxygen atoms in total. The number of halogens is 4. The Morgan fingerprint density at radius 2 is 1.76 bits per heavy atom. The van der Waals surface area contributed by atoms with Gasteiger partial charge >= 0.3 is 6.09 Å². The maximum Gasteiger partial charge on any atom is 0.408 e. The first-order valence-corrected chi connectivity index (χ1v) is 13.7. The summed E-state index contributed by atoms with van der Waals surface area (Å²) in [6, 6.07) is -2.56. The van der Waals surface area contributed by atoms with Crippen LogP contribution in [0.1, 0.15) is 39.5 Å². The van der Waals surface area contributed by atoms with Crippen molar-refractivity contribution < 1.29 is 55.7 Å². The summed E-state index contributed by atoms with van der Waals surface area (Å²) in [5.74, 6) is -11.5. The molecule has 3 heterocycles. The average Bonchev–Trinajstić information content (AvgIpc) is 3.65. The summed E-state index contributed by atoms with van der Waals surface area (Å²) < 4.78 is 76.4. The van der Waals surface area contributed by atoms with Gasteiger partial charge in [-0.05, 0) is 31.6 Å². The van der Waals surface area contributed by atoms with Crippen molar-refractivity contribution in [3.8, 4) is 5.75 Å². The van der Waals surface area contributed by atoms with Gasteiger partial charge < -0.3 is 34.9 Å². The Bertz CT molecular complexity index is 1180. The highest BCUT2D eigenvalue weighted by atomic mass is 19.2. The van der Waals surface area contributed by atoms with Gasteiger partial charge in [-0.3, -0.25) is 14.4 Å². The standard InChI is InChI=1S/C27H33F4N3O8/c1-12(2)7-18(34-27(38)42-20-11-41-26-14(20)4-6-39-26)25(37)33-17(8-13-3-5-32-24(13)36)19(35)10-40-23-21(30)15(28)9-16(29)22(23)31/h9,12-14,17-18,20,26H,3-8,10-11H2,1-2H3,(H,32,36)(H,33,37)(H,34,38)/t13-,14-,17-,18-,20-,26+/m0/s1. The number of Topliss-reactive ketones (excluding diaryl/α,β-unsaturated/α-hetero) is 1. The zero-order valence-electron chi connectivity index (χ0n) is 23.1. The molecule has 1 aromatic carbocycles. The highest BCUT2D eigenvalue weighted by Gasteiger charge is 2.44. The monoisotopic (exact) mass is 603 g/mol. The van der Waals surface area contributed by atoms with E-state index in [4.69, 9.17) is 18.9 Å². The number of alkyl carbamates (subject to hydrolysis) is 1. The lowest BCUT2D eigenvalue weighted by Gasteiger charge is -2.25. The second kappa shape index (κ2) is 13.7. The zero-order valence-corrected chi connectivity index (χ0v) is 23.1. The molecule has 6 atom stereocenters. The van der Waals surface area contributed by atoms with E-state index in [0.717, 1.165) is 0 Å². The van der Waals surface area contributed by atoms with Gasteiger partial charge in [0.1, 0.15) is 18.8 Å². The highest BCUT2D eigenvalue weighted by molar-refractivity contribution is 5.93. The van der Waals surface area contributed by atoms with Crippen molar-refractivity contribution in [1.82, 2.24) is 16.0 Å². The van der Waals surface area contributed by atoms with E-state index in [1.807, 2.05) is 0 Å². The Kier molecular flexibility index (Phi) is 10.2. The number of benzene rings is 1. The van der Waals surface area contributed by atoms with Crippen LogP contribution in [0.3, 0.4) is 0 Å². The minimum absolute atomic E-state index is 0.00639. The van der Waals surface area contributed by atoms with E-state index in [-0.39, 0.29) is 43.3 Å². The van der Waals surface area contributed by atoms with Crippen molar-refractivity contribution >= 4 is 23.7 Å². The molecule has 3 amide bonds. The van der Waals surface area contributed by atoms with E-state index < -0.39 is 83.8 Å². The summed E-state index contributed by atoms with van der Waals surface area (Å²) in [5.41, 5.74) is 0. The molecule has 0 spiro atoms. The fourth-order valence-corrected chi connectivity index (χ4v) is 5.18. The number of carbonyl (C=O) groups excluding carboxylic acids is 4.